The number of likely N-dealkylation sites (N-methyl/N-ethyl adjacent to an activating group) is 1. The normalized spacial score (nSPS) is 22.1. The molecular formula is C16H24N2O3S. The van der Waals surface area contributed by atoms with Crippen LogP contribution < -0.4 is 5.32 Å². The zero-order valence-corrected chi connectivity index (χ0v) is 14.2. The van der Waals surface area contributed by atoms with E-state index >= 15 is 0 Å². The van der Waals surface area contributed by atoms with Crippen LogP contribution >= 0.6 is 0 Å². The van der Waals surface area contributed by atoms with Crippen molar-refractivity contribution in [2.45, 2.75) is 37.6 Å². The molecule has 0 saturated carbocycles. The molecule has 6 heteroatoms. The van der Waals surface area contributed by atoms with Crippen LogP contribution in [0.2, 0.25) is 0 Å². The van der Waals surface area contributed by atoms with Gasteiger partial charge in [-0.1, -0.05) is 17.7 Å². The van der Waals surface area contributed by atoms with Crippen LogP contribution in [0.3, 0.4) is 0 Å². The minimum absolute atomic E-state index is 0.0195. The van der Waals surface area contributed by atoms with Gasteiger partial charge in [-0.15, -0.1) is 0 Å². The van der Waals surface area contributed by atoms with Crippen molar-refractivity contribution in [3.8, 4) is 0 Å². The van der Waals surface area contributed by atoms with Gasteiger partial charge in [-0.2, -0.15) is 0 Å². The molecule has 1 aromatic rings. The summed E-state index contributed by atoms with van der Waals surface area (Å²) in [5, 5.41) is 2.82. The molecule has 2 rings (SSSR count). The second kappa shape index (κ2) is 6.38. The van der Waals surface area contributed by atoms with Gasteiger partial charge in [-0.05, 0) is 39.3 Å². The summed E-state index contributed by atoms with van der Waals surface area (Å²) in [5.74, 6) is 0.0133. The fourth-order valence-electron chi connectivity index (χ4n) is 2.67. The summed E-state index contributed by atoms with van der Waals surface area (Å²) in [7, 11) is -3.31. The molecule has 1 saturated heterocycles. The highest BCUT2D eigenvalue weighted by molar-refractivity contribution is 7.91. The number of sulfone groups is 1. The van der Waals surface area contributed by atoms with Gasteiger partial charge in [0.05, 0.1) is 16.2 Å². The van der Waals surface area contributed by atoms with Gasteiger partial charge in [-0.25, -0.2) is 8.42 Å². The maximum atomic E-state index is 12.4. The number of hydrogen-bond acceptors (Lipinski definition) is 4. The van der Waals surface area contributed by atoms with Gasteiger partial charge in [0.1, 0.15) is 0 Å². The predicted octanol–water partition coefficient (Wildman–Crippen LogP) is 1.37. The third kappa shape index (κ3) is 3.33. The first-order chi connectivity index (χ1) is 10.3. The largest absolute Gasteiger partial charge is 0.355 e. The SMILES string of the molecule is CCNC(=O)C1(C)CCN1CCS(=O)(=O)c1ccc(C)cc1. The van der Waals surface area contributed by atoms with Crippen LogP contribution in [0, 0.1) is 6.92 Å². The van der Waals surface area contributed by atoms with E-state index < -0.39 is 15.4 Å². The smallest absolute Gasteiger partial charge is 0.240 e. The van der Waals surface area contributed by atoms with Gasteiger partial charge < -0.3 is 5.32 Å². The van der Waals surface area contributed by atoms with E-state index in [1.807, 2.05) is 25.7 Å². The molecule has 5 nitrogen and oxygen atoms in total. The zero-order valence-electron chi connectivity index (χ0n) is 13.4. The Morgan fingerprint density at radius 2 is 1.95 bits per heavy atom. The van der Waals surface area contributed by atoms with E-state index in [0.717, 1.165) is 18.5 Å². The molecule has 0 aromatic heterocycles. The Labute approximate surface area is 132 Å². The van der Waals surface area contributed by atoms with Crippen LogP contribution in [0.4, 0.5) is 0 Å². The van der Waals surface area contributed by atoms with E-state index in [4.69, 9.17) is 0 Å². The van der Waals surface area contributed by atoms with Crippen LogP contribution in [0.15, 0.2) is 29.2 Å². The van der Waals surface area contributed by atoms with E-state index in [1.165, 1.54) is 0 Å². The van der Waals surface area contributed by atoms with Crippen LogP contribution in [0.1, 0.15) is 25.8 Å². The Balaban J connectivity index is 2.00. The minimum Gasteiger partial charge on any atom is -0.355 e. The first-order valence-electron chi connectivity index (χ1n) is 7.62. The summed E-state index contributed by atoms with van der Waals surface area (Å²) in [5.41, 5.74) is 0.462. The van der Waals surface area contributed by atoms with Crippen LogP contribution in [0.5, 0.6) is 0 Å². The predicted molar refractivity (Wildman–Crippen MR) is 86.5 cm³/mol. The van der Waals surface area contributed by atoms with E-state index in [9.17, 15) is 13.2 Å². The van der Waals surface area contributed by atoms with Gasteiger partial charge in [0.25, 0.3) is 0 Å². The molecule has 1 aromatic carbocycles. The highest BCUT2D eigenvalue weighted by Gasteiger charge is 2.46. The highest BCUT2D eigenvalue weighted by Crippen LogP contribution is 2.30. The molecule has 0 spiro atoms. The summed E-state index contributed by atoms with van der Waals surface area (Å²) in [6.45, 7) is 7.41. The van der Waals surface area contributed by atoms with Gasteiger partial charge in [0, 0.05) is 19.6 Å². The number of amides is 1. The van der Waals surface area contributed by atoms with Crippen molar-refractivity contribution >= 4 is 15.7 Å². The number of rotatable bonds is 6. The van der Waals surface area contributed by atoms with Crippen molar-refractivity contribution in [2.24, 2.45) is 0 Å². The molecule has 22 heavy (non-hydrogen) atoms. The first-order valence-corrected chi connectivity index (χ1v) is 9.27. The molecular weight excluding hydrogens is 300 g/mol. The third-order valence-corrected chi connectivity index (χ3v) is 6.11. The van der Waals surface area contributed by atoms with Crippen molar-refractivity contribution in [1.29, 1.82) is 0 Å². The number of nitrogens with zero attached hydrogens (tertiary/aromatic N) is 1. The summed E-state index contributed by atoms with van der Waals surface area (Å²) in [6, 6.07) is 6.89. The van der Waals surface area contributed by atoms with E-state index in [-0.39, 0.29) is 11.7 Å². The number of carbonyl (C=O) groups is 1. The van der Waals surface area contributed by atoms with Crippen molar-refractivity contribution in [2.75, 3.05) is 25.4 Å². The summed E-state index contributed by atoms with van der Waals surface area (Å²) in [4.78, 5) is 14.4. The molecule has 1 N–H and O–H groups in total. The molecule has 0 radical (unpaired) electrons. The van der Waals surface area contributed by atoms with Crippen molar-refractivity contribution < 1.29 is 13.2 Å². The molecule has 1 atom stereocenters. The van der Waals surface area contributed by atoms with Gasteiger partial charge in [0.15, 0.2) is 9.84 Å². The molecule has 1 unspecified atom stereocenters. The number of hydrogen-bond donors (Lipinski definition) is 1. The van der Waals surface area contributed by atoms with E-state index in [2.05, 4.69) is 5.32 Å². The molecule has 1 amide bonds. The van der Waals surface area contributed by atoms with Crippen LogP contribution in [-0.2, 0) is 14.6 Å². The van der Waals surface area contributed by atoms with Crippen molar-refractivity contribution in [3.63, 3.8) is 0 Å². The number of nitrogens with one attached hydrogen (secondary N) is 1. The van der Waals surface area contributed by atoms with Crippen LogP contribution in [-0.4, -0.2) is 50.2 Å². The highest BCUT2D eigenvalue weighted by atomic mass is 32.2. The molecule has 1 fully saturated rings. The van der Waals surface area contributed by atoms with Crippen molar-refractivity contribution in [1.82, 2.24) is 10.2 Å². The lowest BCUT2D eigenvalue weighted by atomic mass is 9.86. The van der Waals surface area contributed by atoms with Crippen LogP contribution in [0.25, 0.3) is 0 Å². The molecule has 1 aliphatic heterocycles. The second-order valence-corrected chi connectivity index (χ2v) is 8.11. The zero-order chi connectivity index (χ0) is 16.4. The quantitative estimate of drug-likeness (QED) is 0.858. The fourth-order valence-corrected chi connectivity index (χ4v) is 3.91. The summed E-state index contributed by atoms with van der Waals surface area (Å²) in [6.07, 6.45) is 0.767. The Bertz CT molecular complexity index is 640. The van der Waals surface area contributed by atoms with Crippen molar-refractivity contribution in [3.05, 3.63) is 29.8 Å². The van der Waals surface area contributed by atoms with Gasteiger partial charge in [0.2, 0.25) is 5.91 Å². The molecule has 1 aliphatic rings. The summed E-state index contributed by atoms with van der Waals surface area (Å²) >= 11 is 0. The van der Waals surface area contributed by atoms with E-state index in [1.54, 1.807) is 24.3 Å². The minimum atomic E-state index is -3.31. The number of carbonyl (C=O) groups excluding carboxylic acids is 1. The summed E-state index contributed by atoms with van der Waals surface area (Å²) < 4.78 is 24.7. The molecule has 0 bridgehead atoms. The lowest BCUT2D eigenvalue weighted by Gasteiger charge is -2.49. The number of benzene rings is 1. The lowest BCUT2D eigenvalue weighted by molar-refractivity contribution is -0.140. The average Bonchev–Trinajstić information content (AvgIpc) is 2.46. The number of aryl methyl sites for hydroxylation is 1. The van der Waals surface area contributed by atoms with Gasteiger partial charge in [-0.3, -0.25) is 9.69 Å². The van der Waals surface area contributed by atoms with Gasteiger partial charge >= 0.3 is 0 Å². The molecule has 122 valence electrons. The van der Waals surface area contributed by atoms with E-state index in [0.29, 0.717) is 18.0 Å². The Morgan fingerprint density at radius 1 is 1.32 bits per heavy atom. The third-order valence-electron chi connectivity index (χ3n) is 4.40. The Kier molecular flexibility index (Phi) is 4.92. The maximum absolute atomic E-state index is 12.4. The second-order valence-electron chi connectivity index (χ2n) is 6.00. The Morgan fingerprint density at radius 3 is 2.45 bits per heavy atom. The Hall–Kier alpha value is -1.40. The number of likely N-dealkylation sites (tertiary alicyclic amines) is 1. The molecule has 1 heterocycles. The topological polar surface area (TPSA) is 66.5 Å². The maximum Gasteiger partial charge on any atom is 0.240 e. The average molecular weight is 324 g/mol. The first kappa shape index (κ1) is 17.0. The molecule has 0 aliphatic carbocycles. The standard InChI is InChI=1S/C16H24N2O3S/c1-4-17-15(19)16(3)9-10-18(16)11-12-22(20,21)14-7-5-13(2)6-8-14/h5-8H,4,9-12H2,1-3H3,(H,17,19). The fraction of sp³-hybridized carbons (Fsp3) is 0.562. The monoisotopic (exact) mass is 324 g/mol. The lowest BCUT2D eigenvalue weighted by Crippen LogP contribution is -2.66.